The number of hydrogen-bond donors (Lipinski definition) is 4. The Bertz CT molecular complexity index is 661. The van der Waals surface area contributed by atoms with Crippen LogP contribution < -0.4 is 4.72 Å². The van der Waals surface area contributed by atoms with Gasteiger partial charge < -0.3 is 15.3 Å². The molecule has 1 aliphatic rings. The van der Waals surface area contributed by atoms with Gasteiger partial charge in [0.1, 0.15) is 0 Å². The van der Waals surface area contributed by atoms with E-state index in [1.54, 1.807) is 6.08 Å². The second-order valence-electron chi connectivity index (χ2n) is 8.09. The molecule has 0 aromatic carbocycles. The number of carbonyl (C=O) groups excluding carboxylic acids is 1. The molecule has 1 amide bonds. The molecule has 1 fully saturated rings. The molecule has 0 aliphatic heterocycles. The summed E-state index contributed by atoms with van der Waals surface area (Å²) in [6.45, 7) is 3.59. The van der Waals surface area contributed by atoms with Gasteiger partial charge in [0.25, 0.3) is 0 Å². The van der Waals surface area contributed by atoms with E-state index in [9.17, 15) is 28.5 Å². The number of amides is 1. The van der Waals surface area contributed by atoms with Gasteiger partial charge in [-0.15, -0.1) is 0 Å². The van der Waals surface area contributed by atoms with Crippen LogP contribution in [0.25, 0.3) is 0 Å². The molecule has 0 radical (unpaired) electrons. The van der Waals surface area contributed by atoms with Crippen LogP contribution >= 0.6 is 0 Å². The summed E-state index contributed by atoms with van der Waals surface area (Å²) in [5.74, 6) is -0.939. The van der Waals surface area contributed by atoms with E-state index in [4.69, 9.17) is 0 Å². The smallest absolute Gasteiger partial charge is 0.234 e. The number of nitrogens with one attached hydrogen (secondary N) is 1. The molecule has 1 rings (SSSR count). The van der Waals surface area contributed by atoms with Crippen molar-refractivity contribution in [3.63, 3.8) is 0 Å². The lowest BCUT2D eigenvalue weighted by atomic mass is 9.89. The average molecular weight is 446 g/mol. The molecule has 30 heavy (non-hydrogen) atoms. The van der Waals surface area contributed by atoms with Crippen molar-refractivity contribution in [2.24, 2.45) is 11.8 Å². The van der Waals surface area contributed by atoms with Crippen molar-refractivity contribution in [1.29, 1.82) is 0 Å². The molecule has 174 valence electrons. The van der Waals surface area contributed by atoms with E-state index in [1.165, 1.54) is 6.92 Å². The Labute approximate surface area is 181 Å². The van der Waals surface area contributed by atoms with Gasteiger partial charge in [0.05, 0.1) is 24.1 Å². The number of allylic oxidation sites excluding steroid dienone is 2. The Morgan fingerprint density at radius 1 is 1.13 bits per heavy atom. The molecule has 1 saturated carbocycles. The zero-order valence-corrected chi connectivity index (χ0v) is 19.1. The summed E-state index contributed by atoms with van der Waals surface area (Å²) in [6.07, 6.45) is 11.7. The third-order valence-corrected chi connectivity index (χ3v) is 6.87. The minimum atomic E-state index is -3.51. The van der Waals surface area contributed by atoms with Gasteiger partial charge in [-0.05, 0) is 38.5 Å². The molecule has 1 aliphatic carbocycles. The minimum absolute atomic E-state index is 0.117. The molecule has 0 saturated heterocycles. The monoisotopic (exact) mass is 445 g/mol. The first-order valence-corrected chi connectivity index (χ1v) is 12.8. The standard InChI is InChI=1S/C22H39NO6S/c1-3-5-8-11-17(24)14-15-19-18(20(25)16-21(19)26)12-9-6-7-10-13-22(27)23-30(28,29)4-2/h6,9,14-15,17-21,24-26H,3-5,7-8,10-13,16H2,1-2H3,(H,23,27)/b9-6-,15-14+/t17-,18-,19-,20+,21-/m1/s1. The molecule has 0 unspecified atom stereocenters. The highest BCUT2D eigenvalue weighted by Gasteiger charge is 2.39. The first kappa shape index (κ1) is 26.8. The zero-order valence-electron chi connectivity index (χ0n) is 18.2. The highest BCUT2D eigenvalue weighted by molar-refractivity contribution is 7.90. The summed E-state index contributed by atoms with van der Waals surface area (Å²) in [4.78, 5) is 11.6. The van der Waals surface area contributed by atoms with Gasteiger partial charge in [-0.2, -0.15) is 0 Å². The number of rotatable bonds is 14. The first-order valence-electron chi connectivity index (χ1n) is 11.1. The van der Waals surface area contributed by atoms with Crippen molar-refractivity contribution in [3.8, 4) is 0 Å². The lowest BCUT2D eigenvalue weighted by molar-refractivity contribution is -0.119. The van der Waals surface area contributed by atoms with Crippen molar-refractivity contribution in [2.75, 3.05) is 5.75 Å². The van der Waals surface area contributed by atoms with Crippen LogP contribution in [0.5, 0.6) is 0 Å². The highest BCUT2D eigenvalue weighted by Crippen LogP contribution is 2.36. The van der Waals surface area contributed by atoms with Gasteiger partial charge in [-0.3, -0.25) is 9.52 Å². The van der Waals surface area contributed by atoms with Crippen LogP contribution in [0.4, 0.5) is 0 Å². The van der Waals surface area contributed by atoms with Crippen molar-refractivity contribution < 1.29 is 28.5 Å². The molecule has 0 aromatic rings. The molecule has 8 heteroatoms. The Hall–Kier alpha value is -1.22. The molecule has 5 atom stereocenters. The van der Waals surface area contributed by atoms with E-state index in [-0.39, 0.29) is 24.0 Å². The van der Waals surface area contributed by atoms with Crippen LogP contribution in [-0.2, 0) is 14.8 Å². The third-order valence-electron chi connectivity index (χ3n) is 5.57. The normalized spacial score (nSPS) is 25.9. The summed E-state index contributed by atoms with van der Waals surface area (Å²) >= 11 is 0. The number of aliphatic hydroxyl groups excluding tert-OH is 3. The van der Waals surface area contributed by atoms with Crippen molar-refractivity contribution in [1.82, 2.24) is 4.72 Å². The van der Waals surface area contributed by atoms with E-state index in [0.29, 0.717) is 32.1 Å². The number of aliphatic hydroxyl groups is 3. The Kier molecular flexibility index (Phi) is 12.5. The molecule has 7 nitrogen and oxygen atoms in total. The maximum absolute atomic E-state index is 11.6. The summed E-state index contributed by atoms with van der Waals surface area (Å²) in [6, 6.07) is 0. The lowest BCUT2D eigenvalue weighted by Crippen LogP contribution is -2.31. The van der Waals surface area contributed by atoms with E-state index >= 15 is 0 Å². The molecule has 0 aromatic heterocycles. The maximum Gasteiger partial charge on any atom is 0.234 e. The second-order valence-corrected chi connectivity index (χ2v) is 10.1. The van der Waals surface area contributed by atoms with Crippen LogP contribution in [0.2, 0.25) is 0 Å². The van der Waals surface area contributed by atoms with Crippen molar-refractivity contribution in [3.05, 3.63) is 24.3 Å². The topological polar surface area (TPSA) is 124 Å². The zero-order chi connectivity index (χ0) is 22.6. The quantitative estimate of drug-likeness (QED) is 0.240. The highest BCUT2D eigenvalue weighted by atomic mass is 32.2. The SMILES string of the molecule is CCCCC[C@@H](O)/C=C/[C@@H]1[C@@H](C/C=C\CCCC(=O)NS(=O)(=O)CC)[C@@H](O)C[C@H]1O. The van der Waals surface area contributed by atoms with E-state index in [2.05, 4.69) is 6.92 Å². The Balaban J connectivity index is 2.43. The predicted molar refractivity (Wildman–Crippen MR) is 118 cm³/mol. The predicted octanol–water partition coefficient (Wildman–Crippen LogP) is 2.42. The number of sulfonamides is 1. The van der Waals surface area contributed by atoms with E-state index in [1.807, 2.05) is 23.0 Å². The average Bonchev–Trinajstić information content (AvgIpc) is 2.95. The van der Waals surface area contributed by atoms with Gasteiger partial charge in [0.15, 0.2) is 0 Å². The van der Waals surface area contributed by atoms with Gasteiger partial charge in [-0.25, -0.2) is 8.42 Å². The van der Waals surface area contributed by atoms with Crippen LogP contribution in [0.3, 0.4) is 0 Å². The van der Waals surface area contributed by atoms with Crippen LogP contribution in [-0.4, -0.2) is 53.7 Å². The van der Waals surface area contributed by atoms with Crippen LogP contribution in [0.1, 0.15) is 71.6 Å². The number of hydrogen-bond acceptors (Lipinski definition) is 6. The summed E-state index contributed by atoms with van der Waals surface area (Å²) in [5.41, 5.74) is 0. The maximum atomic E-state index is 11.6. The fourth-order valence-corrected chi connectivity index (χ4v) is 4.30. The second kappa shape index (κ2) is 14.0. The molecule has 0 bridgehead atoms. The summed E-state index contributed by atoms with van der Waals surface area (Å²) in [5, 5.41) is 30.6. The summed E-state index contributed by atoms with van der Waals surface area (Å²) < 4.78 is 24.7. The molecular formula is C22H39NO6S. The van der Waals surface area contributed by atoms with Gasteiger partial charge in [0, 0.05) is 18.8 Å². The third kappa shape index (κ3) is 10.2. The number of carbonyl (C=O) groups is 1. The van der Waals surface area contributed by atoms with Crippen molar-refractivity contribution in [2.45, 2.75) is 89.9 Å². The minimum Gasteiger partial charge on any atom is -0.393 e. The number of unbranched alkanes of at least 4 members (excludes halogenated alkanes) is 3. The fraction of sp³-hybridized carbons (Fsp3) is 0.773. The molecule has 0 spiro atoms. The van der Waals surface area contributed by atoms with Gasteiger partial charge in [-0.1, -0.05) is 50.5 Å². The van der Waals surface area contributed by atoms with Gasteiger partial charge >= 0.3 is 0 Å². The van der Waals surface area contributed by atoms with E-state index in [0.717, 1.165) is 19.3 Å². The first-order chi connectivity index (χ1) is 14.2. The molecular weight excluding hydrogens is 406 g/mol. The van der Waals surface area contributed by atoms with E-state index < -0.39 is 34.2 Å². The molecule has 4 N–H and O–H groups in total. The largest absolute Gasteiger partial charge is 0.393 e. The lowest BCUT2D eigenvalue weighted by Gasteiger charge is -2.19. The van der Waals surface area contributed by atoms with Crippen LogP contribution in [0.15, 0.2) is 24.3 Å². The summed E-state index contributed by atoms with van der Waals surface area (Å²) in [7, 11) is -3.51. The van der Waals surface area contributed by atoms with Gasteiger partial charge in [0.2, 0.25) is 15.9 Å². The fourth-order valence-electron chi connectivity index (χ4n) is 3.71. The van der Waals surface area contributed by atoms with Crippen LogP contribution in [0, 0.1) is 11.8 Å². The Morgan fingerprint density at radius 3 is 2.53 bits per heavy atom. The Morgan fingerprint density at radius 2 is 1.87 bits per heavy atom. The van der Waals surface area contributed by atoms with Crippen molar-refractivity contribution >= 4 is 15.9 Å². The molecule has 0 heterocycles.